The van der Waals surface area contributed by atoms with Gasteiger partial charge in [-0.3, -0.25) is 4.79 Å². The SMILES string of the molecule is CC(=O)O[C@@H]1CCC(=CCO)CO[C@@]1(C)CCCC(C)C(C)(O)CC=C(C)C. The summed E-state index contributed by atoms with van der Waals surface area (Å²) in [6.07, 6.45) is 8.13. The number of carbonyl (C=O) groups is 1. The second-order valence-electron chi connectivity index (χ2n) is 8.92. The van der Waals surface area contributed by atoms with Gasteiger partial charge in [0.15, 0.2) is 0 Å². The first-order chi connectivity index (χ1) is 13.0. The van der Waals surface area contributed by atoms with Crippen molar-refractivity contribution in [1.82, 2.24) is 0 Å². The van der Waals surface area contributed by atoms with Crippen LogP contribution in [0.15, 0.2) is 23.3 Å². The van der Waals surface area contributed by atoms with Gasteiger partial charge in [0.1, 0.15) is 11.7 Å². The van der Waals surface area contributed by atoms with Crippen LogP contribution in [-0.4, -0.2) is 46.7 Å². The maximum absolute atomic E-state index is 11.6. The number of esters is 1. The van der Waals surface area contributed by atoms with Crippen LogP contribution in [0, 0.1) is 5.92 Å². The fourth-order valence-electron chi connectivity index (χ4n) is 3.63. The summed E-state index contributed by atoms with van der Waals surface area (Å²) in [5, 5.41) is 19.9. The minimum Gasteiger partial charge on any atom is -0.459 e. The molecule has 4 atom stereocenters. The van der Waals surface area contributed by atoms with Gasteiger partial charge in [-0.1, -0.05) is 31.1 Å². The molecular weight excluding hydrogens is 356 g/mol. The van der Waals surface area contributed by atoms with Gasteiger partial charge in [0.25, 0.3) is 0 Å². The van der Waals surface area contributed by atoms with E-state index < -0.39 is 11.2 Å². The number of carbonyl (C=O) groups excluding carboxylic acids is 1. The molecule has 0 spiro atoms. The van der Waals surface area contributed by atoms with Gasteiger partial charge < -0.3 is 19.7 Å². The molecule has 1 saturated heterocycles. The Labute approximate surface area is 170 Å². The largest absolute Gasteiger partial charge is 0.459 e. The van der Waals surface area contributed by atoms with Crippen LogP contribution < -0.4 is 0 Å². The Kier molecular flexibility index (Phi) is 9.88. The Balaban J connectivity index is 2.74. The van der Waals surface area contributed by atoms with E-state index in [1.807, 2.05) is 27.7 Å². The van der Waals surface area contributed by atoms with E-state index in [0.29, 0.717) is 19.4 Å². The highest BCUT2D eigenvalue weighted by molar-refractivity contribution is 5.66. The van der Waals surface area contributed by atoms with E-state index in [1.54, 1.807) is 6.08 Å². The predicted molar refractivity (Wildman–Crippen MR) is 112 cm³/mol. The van der Waals surface area contributed by atoms with Crippen LogP contribution in [0.2, 0.25) is 0 Å². The van der Waals surface area contributed by atoms with Gasteiger partial charge >= 0.3 is 5.97 Å². The molecule has 0 aliphatic carbocycles. The van der Waals surface area contributed by atoms with Crippen molar-refractivity contribution < 1.29 is 24.5 Å². The highest BCUT2D eigenvalue weighted by Crippen LogP contribution is 2.35. The summed E-state index contributed by atoms with van der Waals surface area (Å²) >= 11 is 0. The standard InChI is InChI=1S/C23H40O5/c1-17(2)11-14-22(5,26)18(3)8-7-13-23(6)21(28-19(4)25)10-9-20(12-15-24)16-27-23/h11-12,18,21,24,26H,7-10,13-16H2,1-6H3/t18?,21-,22?,23+/m1/s1. The maximum atomic E-state index is 11.6. The first-order valence-corrected chi connectivity index (χ1v) is 10.5. The third-order valence-corrected chi connectivity index (χ3v) is 5.98. The maximum Gasteiger partial charge on any atom is 0.303 e. The first-order valence-electron chi connectivity index (χ1n) is 10.5. The highest BCUT2D eigenvalue weighted by Gasteiger charge is 2.40. The van der Waals surface area contributed by atoms with Gasteiger partial charge in [-0.05, 0) is 71.3 Å². The molecule has 5 nitrogen and oxygen atoms in total. The summed E-state index contributed by atoms with van der Waals surface area (Å²) in [4.78, 5) is 11.6. The number of rotatable bonds is 9. The van der Waals surface area contributed by atoms with Crippen molar-refractivity contribution in [3.63, 3.8) is 0 Å². The summed E-state index contributed by atoms with van der Waals surface area (Å²) in [7, 11) is 0. The summed E-state index contributed by atoms with van der Waals surface area (Å²) in [6, 6.07) is 0. The van der Waals surface area contributed by atoms with E-state index in [0.717, 1.165) is 31.3 Å². The number of ether oxygens (including phenoxy) is 2. The van der Waals surface area contributed by atoms with Crippen LogP contribution in [0.25, 0.3) is 0 Å². The second-order valence-corrected chi connectivity index (χ2v) is 8.92. The van der Waals surface area contributed by atoms with E-state index in [-0.39, 0.29) is 24.6 Å². The minimum atomic E-state index is -0.741. The molecule has 0 aromatic rings. The number of allylic oxidation sites excluding steroid dienone is 1. The third kappa shape index (κ3) is 8.06. The molecule has 162 valence electrons. The first kappa shape index (κ1) is 24.9. The van der Waals surface area contributed by atoms with Crippen molar-refractivity contribution in [2.45, 2.75) is 97.4 Å². The van der Waals surface area contributed by atoms with E-state index in [4.69, 9.17) is 14.6 Å². The fraction of sp³-hybridized carbons (Fsp3) is 0.783. The summed E-state index contributed by atoms with van der Waals surface area (Å²) < 4.78 is 11.8. The van der Waals surface area contributed by atoms with E-state index in [1.165, 1.54) is 12.5 Å². The molecule has 0 bridgehead atoms. The van der Waals surface area contributed by atoms with Crippen molar-refractivity contribution in [3.05, 3.63) is 23.3 Å². The molecule has 5 heteroatoms. The molecule has 0 amide bonds. The normalized spacial score (nSPS) is 27.6. The van der Waals surface area contributed by atoms with Gasteiger partial charge in [-0.2, -0.15) is 0 Å². The van der Waals surface area contributed by atoms with Gasteiger partial charge in [-0.25, -0.2) is 0 Å². The average Bonchev–Trinajstić information content (AvgIpc) is 2.74. The lowest BCUT2D eigenvalue weighted by molar-refractivity contribution is -0.168. The average molecular weight is 397 g/mol. The third-order valence-electron chi connectivity index (χ3n) is 5.98. The molecule has 0 aromatic heterocycles. The van der Waals surface area contributed by atoms with E-state index >= 15 is 0 Å². The quantitative estimate of drug-likeness (QED) is 0.448. The topological polar surface area (TPSA) is 76.0 Å². The van der Waals surface area contributed by atoms with Crippen molar-refractivity contribution in [3.8, 4) is 0 Å². The van der Waals surface area contributed by atoms with Crippen LogP contribution in [0.5, 0.6) is 0 Å². The Bertz CT molecular complexity index is 559. The zero-order chi connectivity index (χ0) is 21.4. The Morgan fingerprint density at radius 2 is 2.11 bits per heavy atom. The molecule has 0 aromatic carbocycles. The molecule has 0 radical (unpaired) electrons. The molecule has 2 N–H and O–H groups in total. The molecular formula is C23H40O5. The minimum absolute atomic E-state index is 0.00802. The summed E-state index contributed by atoms with van der Waals surface area (Å²) in [6.45, 7) is 11.9. The van der Waals surface area contributed by atoms with Crippen LogP contribution in [0.4, 0.5) is 0 Å². The molecule has 1 aliphatic rings. The monoisotopic (exact) mass is 396 g/mol. The van der Waals surface area contributed by atoms with Crippen molar-refractivity contribution in [2.75, 3.05) is 13.2 Å². The van der Waals surface area contributed by atoms with Gasteiger partial charge in [0.05, 0.1) is 18.8 Å². The van der Waals surface area contributed by atoms with E-state index in [9.17, 15) is 9.90 Å². The molecule has 1 aliphatic heterocycles. The lowest BCUT2D eigenvalue weighted by Crippen LogP contribution is -2.44. The Morgan fingerprint density at radius 1 is 1.43 bits per heavy atom. The van der Waals surface area contributed by atoms with Crippen molar-refractivity contribution >= 4 is 5.97 Å². The lowest BCUT2D eigenvalue weighted by atomic mass is 9.81. The van der Waals surface area contributed by atoms with Crippen molar-refractivity contribution in [1.29, 1.82) is 0 Å². The van der Waals surface area contributed by atoms with Crippen molar-refractivity contribution in [2.24, 2.45) is 5.92 Å². The zero-order valence-electron chi connectivity index (χ0n) is 18.6. The number of hydrogen-bond donors (Lipinski definition) is 2. The van der Waals surface area contributed by atoms with Gasteiger partial charge in [0, 0.05) is 6.92 Å². The number of aliphatic hydroxyl groups is 2. The van der Waals surface area contributed by atoms with Gasteiger partial charge in [-0.15, -0.1) is 0 Å². The highest BCUT2D eigenvalue weighted by atomic mass is 16.6. The van der Waals surface area contributed by atoms with Gasteiger partial charge in [0.2, 0.25) is 0 Å². The van der Waals surface area contributed by atoms with E-state index in [2.05, 4.69) is 13.0 Å². The smallest absolute Gasteiger partial charge is 0.303 e. The number of aliphatic hydroxyl groups excluding tert-OH is 1. The second kappa shape index (κ2) is 11.1. The number of hydrogen-bond acceptors (Lipinski definition) is 5. The molecule has 1 fully saturated rings. The molecule has 28 heavy (non-hydrogen) atoms. The summed E-state index contributed by atoms with van der Waals surface area (Å²) in [5.74, 6) is -0.151. The predicted octanol–water partition coefficient (Wildman–Crippen LogP) is 4.32. The fourth-order valence-corrected chi connectivity index (χ4v) is 3.63. The zero-order valence-corrected chi connectivity index (χ0v) is 18.6. The van der Waals surface area contributed by atoms with Crippen LogP contribution in [0.3, 0.4) is 0 Å². The molecule has 1 rings (SSSR count). The lowest BCUT2D eigenvalue weighted by Gasteiger charge is -2.36. The Hall–Kier alpha value is -1.17. The molecule has 1 heterocycles. The molecule has 2 unspecified atom stereocenters. The Morgan fingerprint density at radius 3 is 2.68 bits per heavy atom. The molecule has 0 saturated carbocycles. The summed E-state index contributed by atoms with van der Waals surface area (Å²) in [5.41, 5.74) is 0.945. The van der Waals surface area contributed by atoms with Crippen LogP contribution in [0.1, 0.15) is 80.1 Å². The van der Waals surface area contributed by atoms with Crippen LogP contribution in [-0.2, 0) is 14.3 Å². The van der Waals surface area contributed by atoms with Crippen LogP contribution >= 0.6 is 0 Å².